The van der Waals surface area contributed by atoms with Crippen LogP contribution in [0.5, 0.6) is 0 Å². The van der Waals surface area contributed by atoms with Crippen LogP contribution in [0.15, 0.2) is 0 Å². The molecule has 0 amide bonds. The lowest BCUT2D eigenvalue weighted by Gasteiger charge is -2.38. The van der Waals surface area contributed by atoms with Crippen molar-refractivity contribution in [1.82, 2.24) is 53.2 Å². The van der Waals surface area contributed by atoms with E-state index in [0.717, 1.165) is 49.9 Å². The number of rotatable bonds is 4. The highest BCUT2D eigenvalue weighted by atomic mass is 127. The maximum atomic E-state index is 4.30. The van der Waals surface area contributed by atoms with Crippen molar-refractivity contribution in [3.8, 4) is 0 Å². The number of hydrogen-bond donors (Lipinski definition) is 12. The third kappa shape index (κ3) is 7.22. The Morgan fingerprint density at radius 1 is 0.380 bits per heavy atom. The largest absolute Gasteiger partial charge is 1.00 e. The zero-order valence-corrected chi connectivity index (χ0v) is 35.3. The Morgan fingerprint density at radius 2 is 0.700 bits per heavy atom. The molecule has 50 heavy (non-hydrogen) atoms. The van der Waals surface area contributed by atoms with Crippen molar-refractivity contribution in [3.05, 3.63) is 0 Å². The van der Waals surface area contributed by atoms with Gasteiger partial charge in [-0.05, 0) is 75.5 Å². The van der Waals surface area contributed by atoms with E-state index >= 15 is 0 Å². The summed E-state index contributed by atoms with van der Waals surface area (Å²) in [5.41, 5.74) is 0. The number of halogens is 2. The lowest BCUT2D eigenvalue weighted by molar-refractivity contribution is -0.715. The second-order valence-electron chi connectivity index (χ2n) is 17.8. The van der Waals surface area contributed by atoms with Crippen LogP contribution in [0.3, 0.4) is 0 Å². The number of nitrogens with two attached hydrogens (primary N) is 2. The number of nitrogens with one attached hydrogen (secondary N) is 10. The van der Waals surface area contributed by atoms with Crippen LogP contribution < -0.4 is 112 Å². The Hall–Kier alpha value is 0.980. The molecule has 9 fully saturated rings. The average Bonchev–Trinajstić information content (AvgIpc) is 3.85. The van der Waals surface area contributed by atoms with Crippen molar-refractivity contribution in [2.75, 3.05) is 26.2 Å². The summed E-state index contributed by atoms with van der Waals surface area (Å²) in [7, 11) is 0. The van der Waals surface area contributed by atoms with Gasteiger partial charge in [-0.15, -0.1) is 0 Å². The third-order valence-electron chi connectivity index (χ3n) is 15.5. The van der Waals surface area contributed by atoms with E-state index in [1.165, 1.54) is 51.4 Å². The summed E-state index contributed by atoms with van der Waals surface area (Å²) >= 11 is 0. The first-order valence-corrected chi connectivity index (χ1v) is 20.7. The summed E-state index contributed by atoms with van der Waals surface area (Å²) < 4.78 is 0. The zero-order valence-electron chi connectivity index (χ0n) is 30.9. The number of fused-ring (bicyclic) bond motifs is 20. The lowest BCUT2D eigenvalue weighted by atomic mass is 9.81. The predicted octanol–water partition coefficient (Wildman–Crippen LogP) is -8.65. The van der Waals surface area contributed by atoms with Crippen LogP contribution in [0.25, 0.3) is 0 Å². The molecule has 12 nitrogen and oxygen atoms in total. The van der Waals surface area contributed by atoms with Gasteiger partial charge >= 0.3 is 0 Å². The minimum absolute atomic E-state index is 0. The van der Waals surface area contributed by atoms with E-state index in [9.17, 15) is 0 Å². The summed E-state index contributed by atoms with van der Waals surface area (Å²) in [6, 6.07) is 1.86. The summed E-state index contributed by atoms with van der Waals surface area (Å²) in [6.45, 7) is 14.1. The van der Waals surface area contributed by atoms with Gasteiger partial charge in [-0.3, -0.25) is 31.9 Å². The fourth-order valence-electron chi connectivity index (χ4n) is 12.4. The summed E-state index contributed by atoms with van der Waals surface area (Å²) in [5, 5.41) is 47.4. The standard InChI is InChI=1S/C36H68N12.2HI/c1-5-17-9-21-25(37-13-17)33-41-29(21)45-34-26-22(10-18(6-2)14-38-26)31(42-34)47-36-28-24(12-20(8-4)16-40-28)32(44-36)48-35-27-23(30(43-35)46-33)11-19(7-3)15-39-27;;/h17-48H,5-16H2,1-4H3;2*1H. The highest BCUT2D eigenvalue weighted by Crippen LogP contribution is 2.37. The topological polar surface area (TPSA) is 154 Å². The van der Waals surface area contributed by atoms with Crippen LogP contribution in [-0.4, -0.2) is 99.7 Å². The number of hydrogen-bond acceptors (Lipinski definition) is 10. The molecule has 0 radical (unpaired) electrons. The minimum Gasteiger partial charge on any atom is -1.00 e. The summed E-state index contributed by atoms with van der Waals surface area (Å²) in [6.07, 6.45) is 12.9. The van der Waals surface area contributed by atoms with Crippen LogP contribution in [0, 0.1) is 47.3 Å². The van der Waals surface area contributed by atoms with Crippen molar-refractivity contribution in [1.29, 1.82) is 0 Å². The maximum absolute atomic E-state index is 4.30. The maximum Gasteiger partial charge on any atom is 0.158 e. The second kappa shape index (κ2) is 16.6. The van der Waals surface area contributed by atoms with E-state index in [1.54, 1.807) is 0 Å². The van der Waals surface area contributed by atoms with Crippen molar-refractivity contribution >= 4 is 0 Å². The van der Waals surface area contributed by atoms with E-state index in [-0.39, 0.29) is 60.3 Å². The Labute approximate surface area is 335 Å². The van der Waals surface area contributed by atoms with E-state index in [1.807, 2.05) is 0 Å². The van der Waals surface area contributed by atoms with E-state index in [0.29, 0.717) is 84.8 Å². The molecular formula is C36H70I2N12. The third-order valence-corrected chi connectivity index (χ3v) is 15.5. The van der Waals surface area contributed by atoms with Crippen LogP contribution in [-0.2, 0) is 0 Å². The van der Waals surface area contributed by atoms with Gasteiger partial charge in [0.2, 0.25) is 0 Å². The van der Waals surface area contributed by atoms with Gasteiger partial charge in [0.1, 0.15) is 12.3 Å². The van der Waals surface area contributed by atoms with Gasteiger partial charge in [-0.1, -0.05) is 53.4 Å². The molecule has 288 valence electrons. The summed E-state index contributed by atoms with van der Waals surface area (Å²) in [5.74, 6) is 5.42. The van der Waals surface area contributed by atoms with Crippen molar-refractivity contribution in [2.24, 2.45) is 47.3 Å². The second-order valence-corrected chi connectivity index (χ2v) is 17.8. The molecule has 0 spiro atoms. The molecule has 9 aliphatic rings. The normalized spacial score (nSPS) is 54.0. The molecule has 0 aliphatic carbocycles. The van der Waals surface area contributed by atoms with E-state index in [2.05, 4.69) is 91.5 Å². The average molecular weight is 925 g/mol. The highest BCUT2D eigenvalue weighted by Gasteiger charge is 2.58. The van der Waals surface area contributed by atoms with E-state index in [4.69, 9.17) is 0 Å². The number of quaternary nitrogens is 2. The van der Waals surface area contributed by atoms with Crippen LogP contribution in [0.2, 0.25) is 0 Å². The quantitative estimate of drug-likeness (QED) is 0.123. The molecule has 9 rings (SSSR count). The van der Waals surface area contributed by atoms with Crippen LogP contribution in [0.1, 0.15) is 79.1 Å². The van der Waals surface area contributed by atoms with E-state index < -0.39 is 0 Å². The SMILES string of the molecule is CCC1CNC2C3NC(NC4[NH2+]C(NC5NC(NC6[NH2+]C(N3)C3CC(CC)CNC63)C3CC(CC)CNC53)C3CC(CC)CNC43)C2C1.[I-].[I-]. The Balaban J connectivity index is 0.00000196. The van der Waals surface area contributed by atoms with Gasteiger partial charge in [0.05, 0.1) is 36.7 Å². The highest BCUT2D eigenvalue weighted by molar-refractivity contribution is 5.09. The predicted molar refractivity (Wildman–Crippen MR) is 188 cm³/mol. The van der Waals surface area contributed by atoms with Crippen molar-refractivity contribution in [3.63, 3.8) is 0 Å². The summed E-state index contributed by atoms with van der Waals surface area (Å²) in [4.78, 5) is 0. The number of piperidine rings is 4. The first-order chi connectivity index (χ1) is 23.5. The minimum atomic E-state index is 0. The van der Waals surface area contributed by atoms with Gasteiger partial charge in [0.15, 0.2) is 12.3 Å². The Bertz CT molecular complexity index is 957. The first kappa shape index (κ1) is 39.2. The molecule has 0 aromatic carbocycles. The molecule has 9 aliphatic heterocycles. The molecule has 20 atom stereocenters. The molecular weight excluding hydrogens is 854 g/mol. The van der Waals surface area contributed by atoms with Crippen molar-refractivity contribution in [2.45, 2.75) is 153 Å². The van der Waals surface area contributed by atoms with Crippen molar-refractivity contribution < 1.29 is 58.6 Å². The van der Waals surface area contributed by atoms with Crippen LogP contribution >= 0.6 is 0 Å². The first-order valence-electron chi connectivity index (χ1n) is 20.7. The van der Waals surface area contributed by atoms with Gasteiger partial charge in [-0.2, -0.15) is 0 Å². The fraction of sp³-hybridized carbons (Fsp3) is 1.00. The fourth-order valence-corrected chi connectivity index (χ4v) is 12.4. The lowest BCUT2D eigenvalue weighted by Crippen LogP contribution is -3.00. The molecule has 14 N–H and O–H groups in total. The molecule has 14 heteroatoms. The molecule has 9 saturated heterocycles. The van der Waals surface area contributed by atoms with Gasteiger partial charge in [0, 0.05) is 35.8 Å². The molecule has 9 heterocycles. The zero-order chi connectivity index (χ0) is 32.5. The van der Waals surface area contributed by atoms with Gasteiger partial charge < -0.3 is 79.9 Å². The molecule has 0 saturated carbocycles. The van der Waals surface area contributed by atoms with Gasteiger partial charge in [-0.25, -0.2) is 0 Å². The van der Waals surface area contributed by atoms with Crippen LogP contribution in [0.4, 0.5) is 0 Å². The molecule has 8 bridgehead atoms. The smallest absolute Gasteiger partial charge is 0.158 e. The molecule has 20 unspecified atom stereocenters. The Morgan fingerprint density at radius 3 is 1.06 bits per heavy atom. The monoisotopic (exact) mass is 924 g/mol. The Kier molecular flexibility index (Phi) is 13.0. The molecule has 0 aromatic heterocycles. The molecule has 0 aromatic rings. The van der Waals surface area contributed by atoms with Gasteiger partial charge in [0.25, 0.3) is 0 Å².